The number of imidazole rings is 1. The maximum atomic E-state index is 13.1. The van der Waals surface area contributed by atoms with Crippen molar-refractivity contribution >= 4 is 35.6 Å². The number of hydrogen-bond donors (Lipinski definition) is 8. The van der Waals surface area contributed by atoms with Gasteiger partial charge in [-0.15, -0.1) is 0 Å². The molecule has 2 rings (SSSR count). The van der Waals surface area contributed by atoms with Crippen LogP contribution in [0.3, 0.4) is 0 Å². The van der Waals surface area contributed by atoms with Crippen molar-refractivity contribution < 1.29 is 39.0 Å². The maximum absolute atomic E-state index is 13.1. The number of carboxylic acids is 2. The number of H-pyrrole nitrogens is 1. The molecule has 10 N–H and O–H groups in total. The van der Waals surface area contributed by atoms with Gasteiger partial charge in [0.15, 0.2) is 0 Å². The molecule has 0 bridgehead atoms. The van der Waals surface area contributed by atoms with E-state index in [9.17, 15) is 39.0 Å². The summed E-state index contributed by atoms with van der Waals surface area (Å²) in [5.74, 6) is -6.22. The number of hydrogen-bond acceptors (Lipinski definition) is 8. The molecule has 0 saturated carbocycles. The lowest BCUT2D eigenvalue weighted by Crippen LogP contribution is -2.58. The monoisotopic (exact) mass is 545 g/mol. The van der Waals surface area contributed by atoms with Crippen molar-refractivity contribution in [2.24, 2.45) is 11.5 Å². The van der Waals surface area contributed by atoms with Gasteiger partial charge in [0, 0.05) is 31.2 Å². The van der Waals surface area contributed by atoms with Crippen LogP contribution in [0.2, 0.25) is 0 Å². The molecule has 0 fully saturated rings. The number of nitrogens with one attached hydrogen (secondary N) is 4. The summed E-state index contributed by atoms with van der Waals surface area (Å²) in [7, 11) is 0. The first-order valence-electron chi connectivity index (χ1n) is 11.9. The first kappa shape index (κ1) is 30.4. The van der Waals surface area contributed by atoms with E-state index in [0.29, 0.717) is 11.3 Å². The van der Waals surface area contributed by atoms with Gasteiger partial charge < -0.3 is 42.6 Å². The topological polar surface area (TPSA) is 260 Å². The number of primary amides is 1. The molecule has 4 unspecified atom stereocenters. The Morgan fingerprint density at radius 2 is 1.49 bits per heavy atom. The minimum absolute atomic E-state index is 0.0342. The van der Waals surface area contributed by atoms with Gasteiger partial charge in [-0.05, 0) is 12.0 Å². The quantitative estimate of drug-likeness (QED) is 0.113. The minimum Gasteiger partial charge on any atom is -0.481 e. The smallest absolute Gasteiger partial charge is 0.326 e. The number of benzene rings is 1. The third-order valence-electron chi connectivity index (χ3n) is 5.56. The molecule has 0 radical (unpaired) electrons. The van der Waals surface area contributed by atoms with Crippen LogP contribution in [0.1, 0.15) is 30.5 Å². The highest BCUT2D eigenvalue weighted by atomic mass is 16.4. The predicted molar refractivity (Wildman–Crippen MR) is 135 cm³/mol. The number of rotatable bonds is 16. The molecule has 0 aliphatic rings. The van der Waals surface area contributed by atoms with Crippen LogP contribution in [-0.4, -0.2) is 79.9 Å². The number of carbonyl (C=O) groups is 6. The van der Waals surface area contributed by atoms with E-state index in [1.165, 1.54) is 12.5 Å². The first-order valence-corrected chi connectivity index (χ1v) is 11.9. The van der Waals surface area contributed by atoms with E-state index < -0.39 is 66.2 Å². The second-order valence-corrected chi connectivity index (χ2v) is 8.70. The minimum atomic E-state index is -1.63. The molecule has 39 heavy (non-hydrogen) atoms. The van der Waals surface area contributed by atoms with Crippen LogP contribution >= 0.6 is 0 Å². The summed E-state index contributed by atoms with van der Waals surface area (Å²) in [5.41, 5.74) is 11.8. The standard InChI is InChI=1S/C24H31N7O8/c25-15(6-7-19(26)32)21(35)29-17(10-20(33)34)23(37)30-16(9-14-11-27-12-28-14)22(36)31-18(24(38)39)8-13-4-2-1-3-5-13/h1-5,11-12,15-18H,6-10,25H2,(H2,26,32)(H,27,28)(H,29,35)(H,30,37)(H,31,36)(H,33,34)(H,38,39). The number of aromatic amines is 1. The molecule has 1 aromatic carbocycles. The van der Waals surface area contributed by atoms with Gasteiger partial charge >= 0.3 is 11.9 Å². The fourth-order valence-corrected chi connectivity index (χ4v) is 3.51. The SMILES string of the molecule is NC(=O)CCC(N)C(=O)NC(CC(=O)O)C(=O)NC(Cc1cnc[nH]1)C(=O)NC(Cc1ccccc1)C(=O)O. The molecule has 4 atom stereocenters. The molecular weight excluding hydrogens is 514 g/mol. The number of nitrogens with two attached hydrogens (primary N) is 2. The van der Waals surface area contributed by atoms with E-state index in [0.717, 1.165) is 0 Å². The zero-order chi connectivity index (χ0) is 28.9. The number of aromatic nitrogens is 2. The first-order chi connectivity index (χ1) is 18.5. The molecule has 0 aliphatic heterocycles. The van der Waals surface area contributed by atoms with Crippen molar-refractivity contribution in [1.82, 2.24) is 25.9 Å². The average Bonchev–Trinajstić information content (AvgIpc) is 3.39. The predicted octanol–water partition coefficient (Wildman–Crippen LogP) is -2.20. The second-order valence-electron chi connectivity index (χ2n) is 8.70. The number of aliphatic carboxylic acids is 2. The van der Waals surface area contributed by atoms with E-state index in [2.05, 4.69) is 25.9 Å². The Hall–Kier alpha value is -4.79. The molecule has 4 amide bonds. The van der Waals surface area contributed by atoms with Gasteiger partial charge in [-0.3, -0.25) is 24.0 Å². The molecule has 0 spiro atoms. The van der Waals surface area contributed by atoms with Crippen LogP contribution in [0.25, 0.3) is 0 Å². The van der Waals surface area contributed by atoms with Gasteiger partial charge in [0.25, 0.3) is 0 Å². The fourth-order valence-electron chi connectivity index (χ4n) is 3.51. The number of carbonyl (C=O) groups excluding carboxylic acids is 4. The lowest BCUT2D eigenvalue weighted by molar-refractivity contribution is -0.143. The molecule has 1 aromatic heterocycles. The highest BCUT2D eigenvalue weighted by Crippen LogP contribution is 2.07. The molecule has 15 heteroatoms. The number of nitrogens with zero attached hydrogens (tertiary/aromatic N) is 1. The van der Waals surface area contributed by atoms with Crippen LogP contribution in [0, 0.1) is 0 Å². The van der Waals surface area contributed by atoms with E-state index in [1.807, 2.05) is 0 Å². The van der Waals surface area contributed by atoms with Gasteiger partial charge in [0.05, 0.1) is 18.8 Å². The van der Waals surface area contributed by atoms with E-state index in [1.54, 1.807) is 30.3 Å². The number of amides is 4. The van der Waals surface area contributed by atoms with Crippen molar-refractivity contribution in [2.45, 2.75) is 56.3 Å². The second kappa shape index (κ2) is 14.8. The molecular formula is C24H31N7O8. The van der Waals surface area contributed by atoms with Crippen LogP contribution in [0.15, 0.2) is 42.9 Å². The van der Waals surface area contributed by atoms with Crippen molar-refractivity contribution in [3.05, 3.63) is 54.1 Å². The normalized spacial score (nSPS) is 13.8. The molecule has 210 valence electrons. The largest absolute Gasteiger partial charge is 0.481 e. The summed E-state index contributed by atoms with van der Waals surface area (Å²) in [5, 5.41) is 25.9. The number of carboxylic acid groups (broad SMARTS) is 2. The van der Waals surface area contributed by atoms with Crippen LogP contribution in [0.4, 0.5) is 0 Å². The fraction of sp³-hybridized carbons (Fsp3) is 0.375. The van der Waals surface area contributed by atoms with Crippen LogP contribution in [0.5, 0.6) is 0 Å². The maximum Gasteiger partial charge on any atom is 0.326 e. The lowest BCUT2D eigenvalue weighted by atomic mass is 10.0. The molecule has 2 aromatic rings. The summed E-state index contributed by atoms with van der Waals surface area (Å²) in [4.78, 5) is 79.3. The summed E-state index contributed by atoms with van der Waals surface area (Å²) < 4.78 is 0. The summed E-state index contributed by atoms with van der Waals surface area (Å²) >= 11 is 0. The summed E-state index contributed by atoms with van der Waals surface area (Å²) in [6, 6.07) is 2.99. The van der Waals surface area contributed by atoms with E-state index in [-0.39, 0.29) is 25.7 Å². The van der Waals surface area contributed by atoms with Crippen LogP contribution < -0.4 is 27.4 Å². The Morgan fingerprint density at radius 3 is 2.05 bits per heavy atom. The van der Waals surface area contributed by atoms with Crippen molar-refractivity contribution in [1.29, 1.82) is 0 Å². The van der Waals surface area contributed by atoms with E-state index in [4.69, 9.17) is 11.5 Å². The Balaban J connectivity index is 2.19. The van der Waals surface area contributed by atoms with Gasteiger partial charge in [-0.1, -0.05) is 30.3 Å². The highest BCUT2D eigenvalue weighted by molar-refractivity contribution is 5.95. The lowest BCUT2D eigenvalue weighted by Gasteiger charge is -2.24. The van der Waals surface area contributed by atoms with Gasteiger partial charge in [0.2, 0.25) is 23.6 Å². The molecule has 0 aliphatic carbocycles. The van der Waals surface area contributed by atoms with Gasteiger partial charge in [-0.25, -0.2) is 9.78 Å². The Labute approximate surface area is 222 Å². The Morgan fingerprint density at radius 1 is 0.872 bits per heavy atom. The third kappa shape index (κ3) is 10.6. The van der Waals surface area contributed by atoms with E-state index >= 15 is 0 Å². The van der Waals surface area contributed by atoms with Crippen molar-refractivity contribution in [2.75, 3.05) is 0 Å². The van der Waals surface area contributed by atoms with Crippen molar-refractivity contribution in [3.63, 3.8) is 0 Å². The molecule has 15 nitrogen and oxygen atoms in total. The van der Waals surface area contributed by atoms with Crippen LogP contribution in [-0.2, 0) is 41.6 Å². The highest BCUT2D eigenvalue weighted by Gasteiger charge is 2.32. The molecule has 0 saturated heterocycles. The summed E-state index contributed by atoms with van der Waals surface area (Å²) in [6.45, 7) is 0. The third-order valence-corrected chi connectivity index (χ3v) is 5.56. The van der Waals surface area contributed by atoms with Gasteiger partial charge in [0.1, 0.15) is 18.1 Å². The zero-order valence-corrected chi connectivity index (χ0v) is 20.8. The Bertz CT molecular complexity index is 1160. The summed E-state index contributed by atoms with van der Waals surface area (Å²) in [6.07, 6.45) is 1.36. The average molecular weight is 546 g/mol. The Kier molecular flexibility index (Phi) is 11.6. The van der Waals surface area contributed by atoms with Crippen molar-refractivity contribution in [3.8, 4) is 0 Å². The zero-order valence-electron chi connectivity index (χ0n) is 20.8. The van der Waals surface area contributed by atoms with Gasteiger partial charge in [-0.2, -0.15) is 0 Å². The molecule has 1 heterocycles.